The van der Waals surface area contributed by atoms with Crippen molar-refractivity contribution in [3.05, 3.63) is 28.0 Å². The summed E-state index contributed by atoms with van der Waals surface area (Å²) >= 11 is 13.0. The maximum absolute atomic E-state index is 11.0. The standard InChI is InChI=1S/C11H13Cl2NO2S/c1-6(2)10(11(15)16)17-5-8-7(12)3-4-9(13)14-8/h3-4,6,10H,5H2,1-2H3,(H,15,16). The van der Waals surface area contributed by atoms with Crippen LogP contribution in [0.1, 0.15) is 19.5 Å². The van der Waals surface area contributed by atoms with Crippen LogP contribution in [0.2, 0.25) is 10.2 Å². The van der Waals surface area contributed by atoms with E-state index in [2.05, 4.69) is 4.98 Å². The second kappa shape index (κ2) is 6.47. The first kappa shape index (κ1) is 14.6. The molecule has 94 valence electrons. The topological polar surface area (TPSA) is 50.2 Å². The van der Waals surface area contributed by atoms with Gasteiger partial charge >= 0.3 is 5.97 Å². The number of rotatable bonds is 5. The molecule has 0 fully saturated rings. The highest BCUT2D eigenvalue weighted by molar-refractivity contribution is 7.99. The molecule has 0 saturated heterocycles. The molecule has 0 amide bonds. The highest BCUT2D eigenvalue weighted by Crippen LogP contribution is 2.27. The normalized spacial score (nSPS) is 12.8. The monoisotopic (exact) mass is 293 g/mol. The molecule has 1 heterocycles. The van der Waals surface area contributed by atoms with Gasteiger partial charge in [0.05, 0.1) is 10.7 Å². The van der Waals surface area contributed by atoms with E-state index >= 15 is 0 Å². The van der Waals surface area contributed by atoms with Crippen LogP contribution in [0.5, 0.6) is 0 Å². The molecule has 17 heavy (non-hydrogen) atoms. The predicted octanol–water partition coefficient (Wildman–Crippen LogP) is 3.73. The number of halogens is 2. The van der Waals surface area contributed by atoms with Gasteiger partial charge in [0.25, 0.3) is 0 Å². The molecule has 1 atom stereocenters. The summed E-state index contributed by atoms with van der Waals surface area (Å²) < 4.78 is 0. The zero-order valence-corrected chi connectivity index (χ0v) is 11.8. The Morgan fingerprint density at radius 1 is 1.47 bits per heavy atom. The van der Waals surface area contributed by atoms with Crippen molar-refractivity contribution < 1.29 is 9.90 Å². The number of carboxylic acid groups (broad SMARTS) is 1. The lowest BCUT2D eigenvalue weighted by atomic mass is 10.1. The zero-order chi connectivity index (χ0) is 13.0. The van der Waals surface area contributed by atoms with Gasteiger partial charge in [0.1, 0.15) is 10.4 Å². The van der Waals surface area contributed by atoms with Crippen LogP contribution >= 0.6 is 35.0 Å². The lowest BCUT2D eigenvalue weighted by Gasteiger charge is -2.15. The van der Waals surface area contributed by atoms with E-state index in [9.17, 15) is 4.79 Å². The molecule has 1 aromatic rings. The van der Waals surface area contributed by atoms with E-state index in [-0.39, 0.29) is 5.92 Å². The van der Waals surface area contributed by atoms with Crippen LogP contribution in [0.15, 0.2) is 12.1 Å². The van der Waals surface area contributed by atoms with E-state index in [1.54, 1.807) is 12.1 Å². The fourth-order valence-corrected chi connectivity index (χ4v) is 2.78. The first-order valence-electron chi connectivity index (χ1n) is 5.07. The Kier molecular flexibility index (Phi) is 5.56. The minimum Gasteiger partial charge on any atom is -0.480 e. The van der Waals surface area contributed by atoms with Crippen molar-refractivity contribution in [2.24, 2.45) is 5.92 Å². The largest absolute Gasteiger partial charge is 0.480 e. The summed E-state index contributed by atoms with van der Waals surface area (Å²) in [5, 5.41) is 9.45. The van der Waals surface area contributed by atoms with Crippen molar-refractivity contribution in [2.45, 2.75) is 24.9 Å². The molecule has 1 N–H and O–H groups in total. The first-order chi connectivity index (χ1) is 7.91. The summed E-state index contributed by atoms with van der Waals surface area (Å²) in [5.41, 5.74) is 0.621. The number of thioether (sulfide) groups is 1. The molecule has 0 radical (unpaired) electrons. The van der Waals surface area contributed by atoms with E-state index in [1.807, 2.05) is 13.8 Å². The van der Waals surface area contributed by atoms with Crippen molar-refractivity contribution in [3.8, 4) is 0 Å². The van der Waals surface area contributed by atoms with Crippen LogP contribution in [0.3, 0.4) is 0 Å². The van der Waals surface area contributed by atoms with Gasteiger partial charge in [-0.3, -0.25) is 4.79 Å². The summed E-state index contributed by atoms with van der Waals surface area (Å²) in [4.78, 5) is 15.1. The van der Waals surface area contributed by atoms with Gasteiger partial charge in [-0.05, 0) is 18.1 Å². The highest BCUT2D eigenvalue weighted by atomic mass is 35.5. The van der Waals surface area contributed by atoms with Crippen molar-refractivity contribution in [1.82, 2.24) is 4.98 Å². The van der Waals surface area contributed by atoms with E-state index in [0.717, 1.165) is 0 Å². The summed E-state index contributed by atoms with van der Waals surface area (Å²) in [6.07, 6.45) is 0. The average Bonchev–Trinajstić information content (AvgIpc) is 2.22. The molecule has 0 bridgehead atoms. The van der Waals surface area contributed by atoms with Crippen molar-refractivity contribution >= 4 is 40.9 Å². The van der Waals surface area contributed by atoms with Crippen LogP contribution in [-0.4, -0.2) is 21.3 Å². The maximum atomic E-state index is 11.0. The molecule has 3 nitrogen and oxygen atoms in total. The van der Waals surface area contributed by atoms with Crippen LogP contribution in [0.25, 0.3) is 0 Å². The molecule has 0 saturated carbocycles. The van der Waals surface area contributed by atoms with Gasteiger partial charge in [-0.1, -0.05) is 37.0 Å². The van der Waals surface area contributed by atoms with Crippen LogP contribution in [-0.2, 0) is 10.5 Å². The van der Waals surface area contributed by atoms with Gasteiger partial charge in [-0.2, -0.15) is 0 Å². The molecule has 0 aromatic carbocycles. The van der Waals surface area contributed by atoms with Crippen molar-refractivity contribution in [2.75, 3.05) is 0 Å². The van der Waals surface area contributed by atoms with Gasteiger partial charge in [-0.25, -0.2) is 4.98 Å². The average molecular weight is 294 g/mol. The summed E-state index contributed by atoms with van der Waals surface area (Å²) in [6.45, 7) is 3.75. The second-order valence-electron chi connectivity index (χ2n) is 3.88. The quantitative estimate of drug-likeness (QED) is 0.841. The Bertz CT molecular complexity index is 412. The highest BCUT2D eigenvalue weighted by Gasteiger charge is 2.22. The number of hydrogen-bond donors (Lipinski definition) is 1. The number of pyridine rings is 1. The first-order valence-corrected chi connectivity index (χ1v) is 6.87. The Morgan fingerprint density at radius 3 is 2.65 bits per heavy atom. The molecule has 0 aliphatic carbocycles. The Hall–Kier alpha value is -0.450. The summed E-state index contributed by atoms with van der Waals surface area (Å²) in [7, 11) is 0. The van der Waals surface area contributed by atoms with Gasteiger partial charge in [0, 0.05) is 5.75 Å². The van der Waals surface area contributed by atoms with Gasteiger partial charge in [-0.15, -0.1) is 11.8 Å². The number of carboxylic acids is 1. The molecule has 1 aromatic heterocycles. The van der Waals surface area contributed by atoms with E-state index in [0.29, 0.717) is 21.6 Å². The minimum atomic E-state index is -0.817. The number of carbonyl (C=O) groups is 1. The van der Waals surface area contributed by atoms with Crippen molar-refractivity contribution in [1.29, 1.82) is 0 Å². The summed E-state index contributed by atoms with van der Waals surface area (Å²) in [5.74, 6) is -0.326. The van der Waals surface area contributed by atoms with Gasteiger partial charge in [0.2, 0.25) is 0 Å². The van der Waals surface area contributed by atoms with E-state index in [4.69, 9.17) is 28.3 Å². The number of nitrogens with zero attached hydrogens (tertiary/aromatic N) is 1. The van der Waals surface area contributed by atoms with Crippen LogP contribution < -0.4 is 0 Å². The SMILES string of the molecule is CC(C)C(SCc1nc(Cl)ccc1Cl)C(=O)O. The third-order valence-corrected chi connectivity index (χ3v) is 4.23. The molecule has 1 rings (SSSR count). The second-order valence-corrected chi connectivity index (χ2v) is 5.80. The molecular formula is C11H13Cl2NO2S. The molecule has 0 aliphatic rings. The van der Waals surface area contributed by atoms with E-state index in [1.165, 1.54) is 11.8 Å². The Morgan fingerprint density at radius 2 is 2.12 bits per heavy atom. The molecular weight excluding hydrogens is 281 g/mol. The maximum Gasteiger partial charge on any atom is 0.316 e. The smallest absolute Gasteiger partial charge is 0.316 e. The third kappa shape index (κ3) is 4.37. The number of aliphatic carboxylic acids is 1. The predicted molar refractivity (Wildman–Crippen MR) is 71.8 cm³/mol. The fraction of sp³-hybridized carbons (Fsp3) is 0.455. The fourth-order valence-electron chi connectivity index (χ4n) is 1.28. The van der Waals surface area contributed by atoms with Crippen LogP contribution in [0, 0.1) is 5.92 Å². The zero-order valence-electron chi connectivity index (χ0n) is 9.48. The molecule has 0 aliphatic heterocycles. The minimum absolute atomic E-state index is 0.0514. The summed E-state index contributed by atoms with van der Waals surface area (Å²) in [6, 6.07) is 3.27. The Balaban J connectivity index is 2.72. The number of aromatic nitrogens is 1. The lowest BCUT2D eigenvalue weighted by Crippen LogP contribution is -2.22. The Labute approximate surface area is 115 Å². The van der Waals surface area contributed by atoms with Gasteiger partial charge < -0.3 is 5.11 Å². The molecule has 6 heteroatoms. The third-order valence-electron chi connectivity index (χ3n) is 2.13. The molecule has 1 unspecified atom stereocenters. The van der Waals surface area contributed by atoms with Crippen LogP contribution in [0.4, 0.5) is 0 Å². The number of hydrogen-bond acceptors (Lipinski definition) is 3. The van der Waals surface area contributed by atoms with E-state index < -0.39 is 11.2 Å². The van der Waals surface area contributed by atoms with Gasteiger partial charge in [0.15, 0.2) is 0 Å². The molecule has 0 spiro atoms. The lowest BCUT2D eigenvalue weighted by molar-refractivity contribution is -0.137. The van der Waals surface area contributed by atoms with Crippen molar-refractivity contribution in [3.63, 3.8) is 0 Å².